The Kier molecular flexibility index (Phi) is 6.26. The molecule has 0 saturated heterocycles. The molecule has 0 aromatic heterocycles. The normalized spacial score (nSPS) is 12.5. The first-order valence-corrected chi connectivity index (χ1v) is 10.2. The molecule has 5 nitrogen and oxygen atoms in total. The lowest BCUT2D eigenvalue weighted by Crippen LogP contribution is -2.47. The van der Waals surface area contributed by atoms with E-state index in [4.69, 9.17) is 11.6 Å². The maximum absolute atomic E-state index is 13.3. The highest BCUT2D eigenvalue weighted by atomic mass is 35.5. The number of amides is 1. The molecule has 0 spiro atoms. The van der Waals surface area contributed by atoms with E-state index >= 15 is 0 Å². The number of anilines is 2. The van der Waals surface area contributed by atoms with Crippen molar-refractivity contribution in [1.82, 2.24) is 0 Å². The minimum Gasteiger partial charge on any atom is -0.324 e. The molecule has 0 fully saturated rings. The summed E-state index contributed by atoms with van der Waals surface area (Å²) in [6.45, 7) is 3.56. The Bertz CT molecular complexity index is 918. The maximum Gasteiger partial charge on any atom is 0.248 e. The molecule has 0 aliphatic carbocycles. The van der Waals surface area contributed by atoms with Crippen molar-refractivity contribution >= 4 is 38.9 Å². The summed E-state index contributed by atoms with van der Waals surface area (Å²) in [5.74, 6) is -1.13. The summed E-state index contributed by atoms with van der Waals surface area (Å²) in [6.07, 6.45) is 1.31. The third-order valence-corrected chi connectivity index (χ3v) is 5.24. The highest BCUT2D eigenvalue weighted by Gasteiger charge is 2.31. The molecular weight excluding hydrogens is 379 g/mol. The van der Waals surface area contributed by atoms with Gasteiger partial charge in [-0.15, -0.1) is 0 Å². The van der Waals surface area contributed by atoms with Crippen LogP contribution in [0.2, 0.25) is 5.02 Å². The largest absolute Gasteiger partial charge is 0.324 e. The van der Waals surface area contributed by atoms with Crippen LogP contribution in [0.4, 0.5) is 15.8 Å². The standard InChI is InChI=1S/C18H20ClFN2O3S/c1-4-17(18(23)21-13-8-9-16(20)15(19)11-13)22(26(3,24)25)14-7-5-6-12(2)10-14/h5-11,17H,4H2,1-3H3,(H,21,23). The van der Waals surface area contributed by atoms with Gasteiger partial charge in [-0.05, 0) is 49.2 Å². The number of carbonyl (C=O) groups is 1. The average Bonchev–Trinajstić information content (AvgIpc) is 2.54. The van der Waals surface area contributed by atoms with Crippen molar-refractivity contribution < 1.29 is 17.6 Å². The van der Waals surface area contributed by atoms with Gasteiger partial charge in [0, 0.05) is 5.69 Å². The van der Waals surface area contributed by atoms with Gasteiger partial charge in [0.2, 0.25) is 15.9 Å². The van der Waals surface area contributed by atoms with Crippen LogP contribution in [-0.2, 0) is 14.8 Å². The molecule has 2 aromatic rings. The van der Waals surface area contributed by atoms with Gasteiger partial charge >= 0.3 is 0 Å². The number of nitrogens with one attached hydrogen (secondary N) is 1. The molecule has 140 valence electrons. The smallest absolute Gasteiger partial charge is 0.248 e. The lowest BCUT2D eigenvalue weighted by Gasteiger charge is -2.30. The zero-order chi connectivity index (χ0) is 19.5. The molecule has 1 amide bonds. The van der Waals surface area contributed by atoms with E-state index in [1.807, 2.05) is 13.0 Å². The summed E-state index contributed by atoms with van der Waals surface area (Å²) < 4.78 is 39.1. The van der Waals surface area contributed by atoms with Crippen LogP contribution in [0.1, 0.15) is 18.9 Å². The van der Waals surface area contributed by atoms with Gasteiger partial charge in [0.15, 0.2) is 0 Å². The molecular formula is C18H20ClFN2O3S. The van der Waals surface area contributed by atoms with Gasteiger partial charge in [0.1, 0.15) is 11.9 Å². The molecule has 1 N–H and O–H groups in total. The zero-order valence-electron chi connectivity index (χ0n) is 14.7. The first-order valence-electron chi connectivity index (χ1n) is 7.95. The Morgan fingerprint density at radius 2 is 1.96 bits per heavy atom. The minimum absolute atomic E-state index is 0.130. The molecule has 26 heavy (non-hydrogen) atoms. The Hall–Kier alpha value is -2.12. The van der Waals surface area contributed by atoms with Crippen LogP contribution in [0.5, 0.6) is 0 Å². The first kappa shape index (κ1) is 20.2. The SMILES string of the molecule is CCC(C(=O)Nc1ccc(F)c(Cl)c1)N(c1cccc(C)c1)S(C)(=O)=O. The molecule has 8 heteroatoms. The molecule has 0 bridgehead atoms. The van der Waals surface area contributed by atoms with E-state index in [9.17, 15) is 17.6 Å². The molecule has 0 aliphatic heterocycles. The topological polar surface area (TPSA) is 66.5 Å². The number of benzene rings is 2. The number of aryl methyl sites for hydroxylation is 1. The summed E-state index contributed by atoms with van der Waals surface area (Å²) in [5.41, 5.74) is 1.57. The number of hydrogen-bond donors (Lipinski definition) is 1. The fourth-order valence-corrected chi connectivity index (χ4v) is 4.01. The van der Waals surface area contributed by atoms with E-state index in [2.05, 4.69) is 5.32 Å². The minimum atomic E-state index is -3.71. The number of nitrogens with zero attached hydrogens (tertiary/aromatic N) is 1. The Balaban J connectivity index is 2.38. The lowest BCUT2D eigenvalue weighted by molar-refractivity contribution is -0.117. The van der Waals surface area contributed by atoms with Crippen molar-refractivity contribution in [2.45, 2.75) is 26.3 Å². The van der Waals surface area contributed by atoms with Crippen molar-refractivity contribution in [2.24, 2.45) is 0 Å². The average molecular weight is 399 g/mol. The highest BCUT2D eigenvalue weighted by molar-refractivity contribution is 7.92. The second-order valence-electron chi connectivity index (χ2n) is 5.94. The second kappa shape index (κ2) is 8.05. The van der Waals surface area contributed by atoms with Crippen molar-refractivity contribution in [3.05, 3.63) is 58.9 Å². The maximum atomic E-state index is 13.3. The van der Waals surface area contributed by atoms with Gasteiger partial charge in [0.05, 0.1) is 17.0 Å². The number of rotatable bonds is 6. The van der Waals surface area contributed by atoms with Crippen LogP contribution in [0.15, 0.2) is 42.5 Å². The van der Waals surface area contributed by atoms with Crippen molar-refractivity contribution in [3.63, 3.8) is 0 Å². The molecule has 2 aromatic carbocycles. The molecule has 0 radical (unpaired) electrons. The Morgan fingerprint density at radius 3 is 2.50 bits per heavy atom. The molecule has 0 saturated carbocycles. The monoisotopic (exact) mass is 398 g/mol. The zero-order valence-corrected chi connectivity index (χ0v) is 16.2. The lowest BCUT2D eigenvalue weighted by atomic mass is 10.1. The molecule has 0 aliphatic rings. The van der Waals surface area contributed by atoms with Crippen molar-refractivity contribution in [1.29, 1.82) is 0 Å². The van der Waals surface area contributed by atoms with E-state index in [1.54, 1.807) is 25.1 Å². The quantitative estimate of drug-likeness (QED) is 0.800. The summed E-state index contributed by atoms with van der Waals surface area (Å²) in [5, 5.41) is 2.47. The van der Waals surface area contributed by atoms with E-state index in [0.29, 0.717) is 5.69 Å². The summed E-state index contributed by atoms with van der Waals surface area (Å²) in [7, 11) is -3.71. The third kappa shape index (κ3) is 4.74. The fourth-order valence-electron chi connectivity index (χ4n) is 2.62. The molecule has 2 rings (SSSR count). The summed E-state index contributed by atoms with van der Waals surface area (Å²) >= 11 is 5.73. The molecule has 0 heterocycles. The van der Waals surface area contributed by atoms with Gasteiger partial charge in [0.25, 0.3) is 0 Å². The molecule has 1 unspecified atom stereocenters. The number of halogens is 2. The van der Waals surface area contributed by atoms with Crippen LogP contribution in [0, 0.1) is 12.7 Å². The van der Waals surface area contributed by atoms with Crippen molar-refractivity contribution in [2.75, 3.05) is 15.9 Å². The fraction of sp³-hybridized carbons (Fsp3) is 0.278. The highest BCUT2D eigenvalue weighted by Crippen LogP contribution is 2.25. The van der Waals surface area contributed by atoms with Gasteiger partial charge in [-0.25, -0.2) is 12.8 Å². The van der Waals surface area contributed by atoms with Crippen LogP contribution >= 0.6 is 11.6 Å². The van der Waals surface area contributed by atoms with E-state index in [-0.39, 0.29) is 17.1 Å². The predicted molar refractivity (Wildman–Crippen MR) is 103 cm³/mol. The van der Waals surface area contributed by atoms with E-state index < -0.39 is 27.8 Å². The third-order valence-electron chi connectivity index (χ3n) is 3.77. The number of sulfonamides is 1. The van der Waals surface area contributed by atoms with E-state index in [0.717, 1.165) is 22.2 Å². The van der Waals surface area contributed by atoms with E-state index in [1.165, 1.54) is 12.1 Å². The Labute approximate surface area is 157 Å². The molecule has 1 atom stereocenters. The summed E-state index contributed by atoms with van der Waals surface area (Å²) in [4.78, 5) is 12.7. The van der Waals surface area contributed by atoms with Gasteiger partial charge in [-0.3, -0.25) is 9.10 Å². The predicted octanol–water partition coefficient (Wildman–Crippen LogP) is 3.97. The van der Waals surface area contributed by atoms with Gasteiger partial charge in [-0.2, -0.15) is 0 Å². The van der Waals surface area contributed by atoms with Crippen LogP contribution in [-0.4, -0.2) is 26.6 Å². The summed E-state index contributed by atoms with van der Waals surface area (Å²) in [6, 6.07) is 9.72. The number of carbonyl (C=O) groups excluding carboxylic acids is 1. The Morgan fingerprint density at radius 1 is 1.27 bits per heavy atom. The van der Waals surface area contributed by atoms with Gasteiger partial charge in [-0.1, -0.05) is 30.7 Å². The van der Waals surface area contributed by atoms with Crippen LogP contribution in [0.3, 0.4) is 0 Å². The second-order valence-corrected chi connectivity index (χ2v) is 8.21. The first-order chi connectivity index (χ1) is 12.1. The number of hydrogen-bond acceptors (Lipinski definition) is 3. The van der Waals surface area contributed by atoms with Crippen LogP contribution in [0.25, 0.3) is 0 Å². The van der Waals surface area contributed by atoms with Crippen LogP contribution < -0.4 is 9.62 Å². The van der Waals surface area contributed by atoms with Crippen molar-refractivity contribution in [3.8, 4) is 0 Å². The van der Waals surface area contributed by atoms with Gasteiger partial charge < -0.3 is 5.32 Å².